The molecule has 1 aromatic carbocycles. The first kappa shape index (κ1) is 9.69. The van der Waals surface area contributed by atoms with Gasteiger partial charge in [0.25, 0.3) is 0 Å². The number of aliphatic imine (C=N–C) groups is 1. The fourth-order valence-electron chi connectivity index (χ4n) is 4.00. The summed E-state index contributed by atoms with van der Waals surface area (Å²) in [5.74, 6) is 0.730. The highest BCUT2D eigenvalue weighted by atomic mass is 16.5. The fraction of sp³-hybridized carbons (Fsp3) is 0.533. The number of benzene rings is 1. The van der Waals surface area contributed by atoms with Crippen molar-refractivity contribution in [2.45, 2.75) is 43.7 Å². The van der Waals surface area contributed by atoms with Gasteiger partial charge in [-0.3, -0.25) is 0 Å². The minimum Gasteiger partial charge on any atom is -0.480 e. The largest absolute Gasteiger partial charge is 0.480 e. The fourth-order valence-corrected chi connectivity index (χ4v) is 4.00. The van der Waals surface area contributed by atoms with E-state index < -0.39 is 0 Å². The van der Waals surface area contributed by atoms with Crippen LogP contribution in [-0.2, 0) is 16.7 Å². The lowest BCUT2D eigenvalue weighted by Crippen LogP contribution is -2.47. The predicted molar refractivity (Wildman–Crippen MR) is 67.1 cm³/mol. The SMILES string of the molecule is C1=NC23CC(CCC2CCc2ccccc23)O1. The van der Waals surface area contributed by atoms with Crippen molar-refractivity contribution in [1.82, 2.24) is 0 Å². The number of ether oxygens (including phenoxy) is 1. The Kier molecular flexibility index (Phi) is 1.91. The second kappa shape index (κ2) is 3.34. The van der Waals surface area contributed by atoms with E-state index in [0.29, 0.717) is 6.10 Å². The van der Waals surface area contributed by atoms with E-state index in [4.69, 9.17) is 9.73 Å². The molecule has 2 heteroatoms. The number of rotatable bonds is 0. The molecule has 17 heavy (non-hydrogen) atoms. The Bertz CT molecular complexity index is 482. The minimum absolute atomic E-state index is 0.0516. The van der Waals surface area contributed by atoms with Gasteiger partial charge in [-0.25, -0.2) is 4.99 Å². The summed E-state index contributed by atoms with van der Waals surface area (Å²) < 4.78 is 5.62. The molecule has 1 fully saturated rings. The standard InChI is InChI=1S/C15H17NO/c1-2-4-14-11(3-1)5-6-12-7-8-13-9-15(12,14)16-10-17-13/h1-4,10,12-13H,5-9H2. The van der Waals surface area contributed by atoms with Crippen LogP contribution >= 0.6 is 0 Å². The third-order valence-electron chi connectivity index (χ3n) is 4.83. The molecule has 2 bridgehead atoms. The highest BCUT2D eigenvalue weighted by Gasteiger charge is 2.49. The van der Waals surface area contributed by atoms with E-state index in [0.717, 1.165) is 12.3 Å². The number of nitrogens with zero attached hydrogens (tertiary/aromatic N) is 1. The Labute approximate surface area is 102 Å². The quantitative estimate of drug-likeness (QED) is 0.667. The van der Waals surface area contributed by atoms with Gasteiger partial charge in [-0.15, -0.1) is 0 Å². The summed E-state index contributed by atoms with van der Waals surface area (Å²) in [5, 5.41) is 0. The van der Waals surface area contributed by atoms with Crippen molar-refractivity contribution in [3.05, 3.63) is 35.4 Å². The summed E-state index contributed by atoms with van der Waals surface area (Å²) in [5.41, 5.74) is 3.03. The van der Waals surface area contributed by atoms with E-state index in [-0.39, 0.29) is 5.54 Å². The number of fused-ring (bicyclic) bond motifs is 2. The zero-order chi connectivity index (χ0) is 11.3. The Morgan fingerprint density at radius 2 is 2.12 bits per heavy atom. The maximum Gasteiger partial charge on any atom is 0.170 e. The van der Waals surface area contributed by atoms with Crippen LogP contribution in [0.1, 0.15) is 36.8 Å². The van der Waals surface area contributed by atoms with E-state index in [1.807, 2.05) is 0 Å². The van der Waals surface area contributed by atoms with Crippen LogP contribution in [0.15, 0.2) is 29.3 Å². The van der Waals surface area contributed by atoms with E-state index >= 15 is 0 Å². The molecule has 0 saturated heterocycles. The topological polar surface area (TPSA) is 21.6 Å². The van der Waals surface area contributed by atoms with E-state index in [9.17, 15) is 0 Å². The lowest BCUT2D eigenvalue weighted by molar-refractivity contribution is 0.0325. The van der Waals surface area contributed by atoms with Crippen molar-refractivity contribution in [1.29, 1.82) is 0 Å². The highest BCUT2D eigenvalue weighted by molar-refractivity contribution is 5.53. The molecular formula is C15H17NO. The van der Waals surface area contributed by atoms with Crippen molar-refractivity contribution >= 4 is 6.40 Å². The lowest BCUT2D eigenvalue weighted by Gasteiger charge is -2.49. The molecule has 1 saturated carbocycles. The van der Waals surface area contributed by atoms with E-state index in [2.05, 4.69) is 24.3 Å². The van der Waals surface area contributed by atoms with Gasteiger partial charge in [-0.1, -0.05) is 24.3 Å². The van der Waals surface area contributed by atoms with Crippen molar-refractivity contribution in [2.75, 3.05) is 0 Å². The molecule has 2 nitrogen and oxygen atoms in total. The second-order valence-corrected chi connectivity index (χ2v) is 5.59. The molecule has 3 aliphatic rings. The van der Waals surface area contributed by atoms with Gasteiger partial charge in [0.15, 0.2) is 6.40 Å². The van der Waals surface area contributed by atoms with Crippen LogP contribution in [0, 0.1) is 5.92 Å². The van der Waals surface area contributed by atoms with Crippen molar-refractivity contribution in [2.24, 2.45) is 10.9 Å². The molecule has 4 rings (SSSR count). The molecule has 1 aromatic rings. The summed E-state index contributed by atoms with van der Waals surface area (Å²) in [6.45, 7) is 0. The molecule has 1 aliphatic heterocycles. The third kappa shape index (κ3) is 1.24. The zero-order valence-electron chi connectivity index (χ0n) is 9.93. The molecule has 0 amide bonds. The maximum atomic E-state index is 5.62. The van der Waals surface area contributed by atoms with Gasteiger partial charge in [0.2, 0.25) is 0 Å². The van der Waals surface area contributed by atoms with Gasteiger partial charge < -0.3 is 4.74 Å². The molecule has 0 radical (unpaired) electrons. The molecule has 2 aliphatic carbocycles. The molecule has 3 atom stereocenters. The van der Waals surface area contributed by atoms with Gasteiger partial charge in [0.05, 0.1) is 5.54 Å². The van der Waals surface area contributed by atoms with Gasteiger partial charge in [0.1, 0.15) is 6.10 Å². The van der Waals surface area contributed by atoms with Crippen molar-refractivity contribution < 1.29 is 4.74 Å². The number of hydrogen-bond acceptors (Lipinski definition) is 2. The first-order valence-electron chi connectivity index (χ1n) is 6.66. The Balaban J connectivity index is 1.92. The average molecular weight is 227 g/mol. The van der Waals surface area contributed by atoms with Crippen LogP contribution in [0.2, 0.25) is 0 Å². The number of hydrogen-bond donors (Lipinski definition) is 0. The van der Waals surface area contributed by atoms with Crippen molar-refractivity contribution in [3.8, 4) is 0 Å². The maximum absolute atomic E-state index is 5.62. The Morgan fingerprint density at radius 1 is 1.18 bits per heavy atom. The van der Waals surface area contributed by atoms with Crippen LogP contribution in [0.4, 0.5) is 0 Å². The summed E-state index contributed by atoms with van der Waals surface area (Å²) in [4.78, 5) is 4.80. The van der Waals surface area contributed by atoms with Gasteiger partial charge in [-0.05, 0) is 42.7 Å². The Hall–Kier alpha value is -1.31. The Morgan fingerprint density at radius 3 is 3.12 bits per heavy atom. The monoisotopic (exact) mass is 227 g/mol. The molecule has 1 spiro atoms. The van der Waals surface area contributed by atoms with Crippen LogP contribution in [0.3, 0.4) is 0 Å². The van der Waals surface area contributed by atoms with Crippen LogP contribution in [0.25, 0.3) is 0 Å². The molecular weight excluding hydrogens is 210 g/mol. The molecule has 3 unspecified atom stereocenters. The molecule has 0 aromatic heterocycles. The van der Waals surface area contributed by atoms with Gasteiger partial charge >= 0.3 is 0 Å². The second-order valence-electron chi connectivity index (χ2n) is 5.59. The summed E-state index contributed by atoms with van der Waals surface area (Å²) in [7, 11) is 0. The lowest BCUT2D eigenvalue weighted by atomic mass is 9.62. The van der Waals surface area contributed by atoms with Gasteiger partial charge in [-0.2, -0.15) is 0 Å². The number of aryl methyl sites for hydroxylation is 1. The van der Waals surface area contributed by atoms with Crippen LogP contribution in [-0.4, -0.2) is 12.5 Å². The highest BCUT2D eigenvalue weighted by Crippen LogP contribution is 2.52. The first-order chi connectivity index (χ1) is 8.38. The van der Waals surface area contributed by atoms with Crippen LogP contribution < -0.4 is 0 Å². The zero-order valence-corrected chi connectivity index (χ0v) is 9.93. The molecule has 0 N–H and O–H groups in total. The van der Waals surface area contributed by atoms with Crippen molar-refractivity contribution in [3.63, 3.8) is 0 Å². The molecule has 1 heterocycles. The van der Waals surface area contributed by atoms with Crippen LogP contribution in [0.5, 0.6) is 0 Å². The minimum atomic E-state index is 0.0516. The first-order valence-corrected chi connectivity index (χ1v) is 6.66. The normalized spacial score (nSPS) is 37.9. The molecule has 88 valence electrons. The van der Waals surface area contributed by atoms with Gasteiger partial charge in [0, 0.05) is 6.42 Å². The predicted octanol–water partition coefficient (Wildman–Crippen LogP) is 3.06. The summed E-state index contributed by atoms with van der Waals surface area (Å²) in [6, 6.07) is 8.87. The average Bonchev–Trinajstić information content (AvgIpc) is 2.38. The summed E-state index contributed by atoms with van der Waals surface area (Å²) >= 11 is 0. The third-order valence-corrected chi connectivity index (χ3v) is 4.83. The summed E-state index contributed by atoms with van der Waals surface area (Å²) in [6.07, 6.45) is 8.21. The van der Waals surface area contributed by atoms with E-state index in [1.165, 1.54) is 36.8 Å². The smallest absolute Gasteiger partial charge is 0.170 e. The van der Waals surface area contributed by atoms with E-state index in [1.54, 1.807) is 6.40 Å².